The molecular weight excluding hydrogens is 198 g/mol. The molecule has 1 rings (SSSR count). The van der Waals surface area contributed by atoms with Gasteiger partial charge in [-0.1, -0.05) is 11.8 Å². The largest absolute Gasteiger partial charge is 0.299 e. The molecule has 0 radical (unpaired) electrons. The highest BCUT2D eigenvalue weighted by Crippen LogP contribution is 2.11. The van der Waals surface area contributed by atoms with Gasteiger partial charge in [-0.2, -0.15) is 10.4 Å². The maximum Gasteiger partial charge on any atom is 0.183 e. The second-order valence-corrected chi connectivity index (χ2v) is 4.11. The van der Waals surface area contributed by atoms with Gasteiger partial charge in [0.25, 0.3) is 0 Å². The summed E-state index contributed by atoms with van der Waals surface area (Å²) in [5.41, 5.74) is 0. The van der Waals surface area contributed by atoms with Crippen molar-refractivity contribution >= 4 is 11.8 Å². The molecule has 0 aliphatic carbocycles. The zero-order chi connectivity index (χ0) is 10.4. The van der Waals surface area contributed by atoms with Crippen LogP contribution in [0.2, 0.25) is 0 Å². The summed E-state index contributed by atoms with van der Waals surface area (Å²) < 4.78 is 0. The Kier molecular flexibility index (Phi) is 4.43. The Morgan fingerprint density at radius 1 is 1.71 bits per heavy atom. The Labute approximate surface area is 87.3 Å². The number of aromatic amines is 1. The summed E-state index contributed by atoms with van der Waals surface area (Å²) >= 11 is 1.49. The molecule has 0 bridgehead atoms. The van der Waals surface area contributed by atoms with Crippen LogP contribution < -0.4 is 5.32 Å². The van der Waals surface area contributed by atoms with Gasteiger partial charge in [0.2, 0.25) is 0 Å². The van der Waals surface area contributed by atoms with Crippen LogP contribution in [0.25, 0.3) is 0 Å². The number of thioether (sulfide) groups is 1. The van der Waals surface area contributed by atoms with Gasteiger partial charge < -0.3 is 0 Å². The molecule has 14 heavy (non-hydrogen) atoms. The minimum absolute atomic E-state index is 0.148. The summed E-state index contributed by atoms with van der Waals surface area (Å²) in [5, 5.41) is 19.2. The third kappa shape index (κ3) is 3.77. The van der Waals surface area contributed by atoms with E-state index in [1.807, 2.05) is 13.8 Å². The molecule has 1 aromatic heterocycles. The van der Waals surface area contributed by atoms with Crippen molar-refractivity contribution in [3.8, 4) is 6.07 Å². The van der Waals surface area contributed by atoms with Crippen molar-refractivity contribution in [2.24, 2.45) is 0 Å². The van der Waals surface area contributed by atoms with E-state index in [-0.39, 0.29) is 6.04 Å². The molecule has 0 saturated carbocycles. The van der Waals surface area contributed by atoms with Crippen LogP contribution in [0.3, 0.4) is 0 Å². The van der Waals surface area contributed by atoms with Crippen molar-refractivity contribution in [2.75, 3.05) is 5.75 Å². The van der Waals surface area contributed by atoms with E-state index in [4.69, 9.17) is 5.26 Å². The lowest BCUT2D eigenvalue weighted by Gasteiger charge is -2.12. The van der Waals surface area contributed by atoms with E-state index < -0.39 is 0 Å². The van der Waals surface area contributed by atoms with E-state index in [1.165, 1.54) is 18.1 Å². The quantitative estimate of drug-likeness (QED) is 0.704. The second kappa shape index (κ2) is 5.62. The summed E-state index contributed by atoms with van der Waals surface area (Å²) in [7, 11) is 0. The molecule has 0 fully saturated rings. The van der Waals surface area contributed by atoms with Gasteiger partial charge in [-0.3, -0.25) is 10.4 Å². The standard InChI is InChI=1S/C8H13N5S/c1-6(2)12-7(3-9)4-14-8-10-5-11-13-8/h5-7,12H,4H2,1-2H3,(H,10,11,13). The van der Waals surface area contributed by atoms with Gasteiger partial charge in [-0.25, -0.2) is 4.98 Å². The normalized spacial score (nSPS) is 12.7. The number of aromatic nitrogens is 3. The molecule has 0 aromatic carbocycles. The molecule has 2 N–H and O–H groups in total. The highest BCUT2D eigenvalue weighted by molar-refractivity contribution is 7.99. The van der Waals surface area contributed by atoms with Gasteiger partial charge >= 0.3 is 0 Å². The maximum absolute atomic E-state index is 8.83. The second-order valence-electron chi connectivity index (χ2n) is 3.10. The summed E-state index contributed by atoms with van der Waals surface area (Å²) in [6.07, 6.45) is 1.46. The predicted molar refractivity (Wildman–Crippen MR) is 54.8 cm³/mol. The number of rotatable bonds is 5. The number of hydrogen-bond acceptors (Lipinski definition) is 5. The van der Waals surface area contributed by atoms with Crippen LogP contribution in [0, 0.1) is 11.3 Å². The first-order chi connectivity index (χ1) is 6.72. The lowest BCUT2D eigenvalue weighted by molar-refractivity contribution is 0.560. The molecule has 0 aliphatic rings. The number of nitrogens with one attached hydrogen (secondary N) is 2. The van der Waals surface area contributed by atoms with Crippen molar-refractivity contribution in [2.45, 2.75) is 31.1 Å². The summed E-state index contributed by atoms with van der Waals surface area (Å²) in [6, 6.07) is 2.37. The van der Waals surface area contributed by atoms with E-state index in [9.17, 15) is 0 Å². The third-order valence-electron chi connectivity index (χ3n) is 1.47. The Balaban J connectivity index is 2.32. The molecule has 1 atom stereocenters. The third-order valence-corrected chi connectivity index (χ3v) is 2.44. The lowest BCUT2D eigenvalue weighted by Crippen LogP contribution is -2.35. The Morgan fingerprint density at radius 3 is 3.00 bits per heavy atom. The zero-order valence-corrected chi connectivity index (χ0v) is 9.01. The molecule has 0 spiro atoms. The molecule has 1 heterocycles. The minimum Gasteiger partial charge on any atom is -0.299 e. The molecule has 0 amide bonds. The monoisotopic (exact) mass is 211 g/mol. The number of nitriles is 1. The van der Waals surface area contributed by atoms with Crippen molar-refractivity contribution in [1.29, 1.82) is 5.26 Å². The van der Waals surface area contributed by atoms with Crippen molar-refractivity contribution in [3.05, 3.63) is 6.33 Å². The van der Waals surface area contributed by atoms with E-state index in [0.717, 1.165) is 5.16 Å². The SMILES string of the molecule is CC(C)NC(C#N)CSc1ncn[nH]1. The fourth-order valence-corrected chi connectivity index (χ4v) is 1.69. The minimum atomic E-state index is -0.148. The van der Waals surface area contributed by atoms with Gasteiger partial charge in [0.15, 0.2) is 5.16 Å². The molecule has 1 unspecified atom stereocenters. The number of H-pyrrole nitrogens is 1. The zero-order valence-electron chi connectivity index (χ0n) is 8.19. The van der Waals surface area contributed by atoms with Crippen LogP contribution in [0.15, 0.2) is 11.5 Å². The summed E-state index contributed by atoms with van der Waals surface area (Å²) in [4.78, 5) is 3.96. The first kappa shape index (κ1) is 11.0. The topological polar surface area (TPSA) is 77.4 Å². The van der Waals surface area contributed by atoms with E-state index in [0.29, 0.717) is 11.8 Å². The Morgan fingerprint density at radius 2 is 2.50 bits per heavy atom. The van der Waals surface area contributed by atoms with Crippen LogP contribution >= 0.6 is 11.8 Å². The van der Waals surface area contributed by atoms with Crippen LogP contribution in [0.1, 0.15) is 13.8 Å². The van der Waals surface area contributed by atoms with Gasteiger partial charge in [-0.15, -0.1) is 0 Å². The first-order valence-corrected chi connectivity index (χ1v) is 5.34. The molecule has 0 saturated heterocycles. The Hall–Kier alpha value is -1.06. The molecule has 5 nitrogen and oxygen atoms in total. The molecule has 76 valence electrons. The Bertz CT molecular complexity index is 289. The van der Waals surface area contributed by atoms with E-state index >= 15 is 0 Å². The fraction of sp³-hybridized carbons (Fsp3) is 0.625. The van der Waals surface area contributed by atoms with Crippen molar-refractivity contribution < 1.29 is 0 Å². The maximum atomic E-state index is 8.83. The average Bonchev–Trinajstić information content (AvgIpc) is 2.64. The van der Waals surface area contributed by atoms with E-state index in [1.54, 1.807) is 0 Å². The lowest BCUT2D eigenvalue weighted by atomic mass is 10.3. The fourth-order valence-electron chi connectivity index (χ4n) is 0.951. The van der Waals surface area contributed by atoms with Gasteiger partial charge in [0, 0.05) is 11.8 Å². The average molecular weight is 211 g/mol. The van der Waals surface area contributed by atoms with Crippen LogP contribution in [-0.2, 0) is 0 Å². The highest BCUT2D eigenvalue weighted by atomic mass is 32.2. The first-order valence-electron chi connectivity index (χ1n) is 4.36. The molecular formula is C8H13N5S. The number of hydrogen-bond donors (Lipinski definition) is 2. The molecule has 6 heteroatoms. The van der Waals surface area contributed by atoms with E-state index in [2.05, 4.69) is 26.6 Å². The highest BCUT2D eigenvalue weighted by Gasteiger charge is 2.09. The van der Waals surface area contributed by atoms with Gasteiger partial charge in [0.1, 0.15) is 12.4 Å². The summed E-state index contributed by atoms with van der Waals surface area (Å²) in [5.74, 6) is 0.671. The smallest absolute Gasteiger partial charge is 0.183 e. The van der Waals surface area contributed by atoms with Gasteiger partial charge in [0.05, 0.1) is 6.07 Å². The van der Waals surface area contributed by atoms with Crippen molar-refractivity contribution in [1.82, 2.24) is 20.5 Å². The van der Waals surface area contributed by atoms with Crippen LogP contribution in [0.5, 0.6) is 0 Å². The molecule has 1 aromatic rings. The van der Waals surface area contributed by atoms with Crippen LogP contribution in [-0.4, -0.2) is 33.0 Å². The van der Waals surface area contributed by atoms with Gasteiger partial charge in [-0.05, 0) is 13.8 Å². The van der Waals surface area contributed by atoms with Crippen molar-refractivity contribution in [3.63, 3.8) is 0 Å². The molecule has 0 aliphatic heterocycles. The van der Waals surface area contributed by atoms with Crippen LogP contribution in [0.4, 0.5) is 0 Å². The summed E-state index contributed by atoms with van der Waals surface area (Å²) in [6.45, 7) is 4.03. The predicted octanol–water partition coefficient (Wildman–Crippen LogP) is 0.787. The number of nitrogens with zero attached hydrogens (tertiary/aromatic N) is 3.